The van der Waals surface area contributed by atoms with E-state index in [2.05, 4.69) is 25.0 Å². The largest absolute Gasteiger partial charge is 0.325 e. The molecule has 0 radical (unpaired) electrons. The van der Waals surface area contributed by atoms with Crippen molar-refractivity contribution >= 4 is 6.34 Å². The Morgan fingerprint density at radius 3 is 2.31 bits per heavy atom. The van der Waals surface area contributed by atoms with E-state index in [1.807, 2.05) is 23.8 Å². The molecule has 0 spiro atoms. The van der Waals surface area contributed by atoms with Gasteiger partial charge in [0.15, 0.2) is 0 Å². The summed E-state index contributed by atoms with van der Waals surface area (Å²) in [7, 11) is 0. The topological polar surface area (TPSA) is 42.6 Å². The van der Waals surface area contributed by atoms with E-state index in [9.17, 15) is 0 Å². The summed E-state index contributed by atoms with van der Waals surface area (Å²) in [5, 5.41) is 15.0. The summed E-state index contributed by atoms with van der Waals surface area (Å²) in [6.45, 7) is 8.18. The van der Waals surface area contributed by atoms with Crippen LogP contribution in [0, 0.1) is 11.3 Å². The van der Waals surface area contributed by atoms with E-state index in [1.54, 1.807) is 6.34 Å². The van der Waals surface area contributed by atoms with Crippen LogP contribution in [0.5, 0.6) is 0 Å². The maximum absolute atomic E-state index is 8.99. The molecular weight excluding hydrogens is 164 g/mol. The number of hydrogen-bond acceptors (Lipinski definition) is 4. The molecule has 0 saturated carbocycles. The van der Waals surface area contributed by atoms with Crippen LogP contribution in [-0.4, -0.2) is 34.5 Å². The molecule has 0 aromatic heterocycles. The smallest absolute Gasteiger partial charge is 0.208 e. The Kier molecular flexibility index (Phi) is 2.76. The SMILES string of the molecule is CC(C)N1C=NN(C(C)C)C1C#N. The van der Waals surface area contributed by atoms with Gasteiger partial charge in [-0.15, -0.1) is 0 Å². The molecule has 1 rings (SSSR count). The predicted octanol–water partition coefficient (Wildman–Crippen LogP) is 1.21. The first kappa shape index (κ1) is 9.85. The third-order valence-electron chi connectivity index (χ3n) is 2.09. The van der Waals surface area contributed by atoms with Gasteiger partial charge < -0.3 is 4.90 Å². The summed E-state index contributed by atoms with van der Waals surface area (Å²) in [6.07, 6.45) is 1.51. The second-order valence-electron chi connectivity index (χ2n) is 3.75. The summed E-state index contributed by atoms with van der Waals surface area (Å²) in [6, 6.07) is 2.84. The predicted molar refractivity (Wildman–Crippen MR) is 51.8 cm³/mol. The fourth-order valence-corrected chi connectivity index (χ4v) is 1.34. The van der Waals surface area contributed by atoms with E-state index >= 15 is 0 Å². The van der Waals surface area contributed by atoms with E-state index in [-0.39, 0.29) is 12.2 Å². The van der Waals surface area contributed by atoms with E-state index in [0.29, 0.717) is 6.04 Å². The molecule has 0 aromatic rings. The molecule has 1 unspecified atom stereocenters. The maximum Gasteiger partial charge on any atom is 0.208 e. The van der Waals surface area contributed by atoms with Crippen LogP contribution in [0.2, 0.25) is 0 Å². The summed E-state index contributed by atoms with van der Waals surface area (Å²) in [5.41, 5.74) is 0. The number of nitriles is 1. The summed E-state index contributed by atoms with van der Waals surface area (Å²) in [5.74, 6) is 0. The van der Waals surface area contributed by atoms with Gasteiger partial charge in [0, 0.05) is 12.1 Å². The zero-order valence-electron chi connectivity index (χ0n) is 8.60. The van der Waals surface area contributed by atoms with Crippen LogP contribution < -0.4 is 0 Å². The van der Waals surface area contributed by atoms with Gasteiger partial charge in [-0.25, -0.2) is 0 Å². The Balaban J connectivity index is 2.77. The van der Waals surface area contributed by atoms with Gasteiger partial charge in [0.05, 0.1) is 0 Å². The molecule has 1 heterocycles. The molecule has 0 fully saturated rings. The van der Waals surface area contributed by atoms with Crippen molar-refractivity contribution in [2.75, 3.05) is 0 Å². The normalized spacial score (nSPS) is 21.8. The molecule has 1 aliphatic heterocycles. The molecule has 72 valence electrons. The Hall–Kier alpha value is -1.24. The molecule has 1 atom stereocenters. The maximum atomic E-state index is 8.99. The molecule has 0 N–H and O–H groups in total. The highest BCUT2D eigenvalue weighted by Gasteiger charge is 2.30. The van der Waals surface area contributed by atoms with Crippen LogP contribution in [-0.2, 0) is 0 Å². The van der Waals surface area contributed by atoms with Crippen molar-refractivity contribution in [2.45, 2.75) is 45.9 Å². The van der Waals surface area contributed by atoms with Crippen molar-refractivity contribution in [1.82, 2.24) is 9.91 Å². The number of rotatable bonds is 2. The van der Waals surface area contributed by atoms with Gasteiger partial charge in [0.2, 0.25) is 6.17 Å². The van der Waals surface area contributed by atoms with Crippen molar-refractivity contribution in [3.05, 3.63) is 0 Å². The quantitative estimate of drug-likeness (QED) is 0.641. The van der Waals surface area contributed by atoms with Crippen molar-refractivity contribution < 1.29 is 0 Å². The van der Waals surface area contributed by atoms with Crippen molar-refractivity contribution in [2.24, 2.45) is 5.10 Å². The third kappa shape index (κ3) is 1.74. The lowest BCUT2D eigenvalue weighted by molar-refractivity contribution is 0.126. The zero-order chi connectivity index (χ0) is 10.0. The Morgan fingerprint density at radius 2 is 1.92 bits per heavy atom. The van der Waals surface area contributed by atoms with Crippen LogP contribution in [0.15, 0.2) is 5.10 Å². The molecule has 0 aliphatic carbocycles. The van der Waals surface area contributed by atoms with Crippen LogP contribution in [0.4, 0.5) is 0 Å². The van der Waals surface area contributed by atoms with Gasteiger partial charge in [0.1, 0.15) is 12.4 Å². The second kappa shape index (κ2) is 3.65. The highest BCUT2D eigenvalue weighted by atomic mass is 15.6. The minimum absolute atomic E-state index is 0.236. The van der Waals surface area contributed by atoms with Gasteiger partial charge in [-0.2, -0.15) is 10.4 Å². The molecule has 0 amide bonds. The second-order valence-corrected chi connectivity index (χ2v) is 3.75. The molecule has 4 nitrogen and oxygen atoms in total. The molecule has 0 aromatic carbocycles. The lowest BCUT2D eigenvalue weighted by Crippen LogP contribution is -2.44. The minimum atomic E-state index is -0.236. The van der Waals surface area contributed by atoms with Gasteiger partial charge in [-0.3, -0.25) is 5.01 Å². The molecular formula is C9H16N4. The minimum Gasteiger partial charge on any atom is -0.325 e. The molecule has 4 heteroatoms. The summed E-state index contributed by atoms with van der Waals surface area (Å²) >= 11 is 0. The fraction of sp³-hybridized carbons (Fsp3) is 0.778. The van der Waals surface area contributed by atoms with Crippen LogP contribution in [0.25, 0.3) is 0 Å². The Bertz CT molecular complexity index is 220. The van der Waals surface area contributed by atoms with Crippen molar-refractivity contribution in [3.8, 4) is 6.07 Å². The summed E-state index contributed by atoms with van der Waals surface area (Å²) < 4.78 is 0. The van der Waals surface area contributed by atoms with E-state index in [4.69, 9.17) is 5.26 Å². The first-order valence-corrected chi connectivity index (χ1v) is 4.57. The van der Waals surface area contributed by atoms with Crippen molar-refractivity contribution in [1.29, 1.82) is 5.26 Å². The Morgan fingerprint density at radius 1 is 1.31 bits per heavy atom. The van der Waals surface area contributed by atoms with Gasteiger partial charge in [-0.1, -0.05) is 0 Å². The van der Waals surface area contributed by atoms with Crippen molar-refractivity contribution in [3.63, 3.8) is 0 Å². The zero-order valence-corrected chi connectivity index (χ0v) is 8.60. The fourth-order valence-electron chi connectivity index (χ4n) is 1.34. The lowest BCUT2D eigenvalue weighted by Gasteiger charge is -2.29. The highest BCUT2D eigenvalue weighted by molar-refractivity contribution is 5.58. The Labute approximate surface area is 79.4 Å². The van der Waals surface area contributed by atoms with Gasteiger partial charge in [0.25, 0.3) is 0 Å². The number of hydrogen-bond donors (Lipinski definition) is 0. The monoisotopic (exact) mass is 180 g/mol. The van der Waals surface area contributed by atoms with Crippen LogP contribution >= 0.6 is 0 Å². The van der Waals surface area contributed by atoms with Crippen LogP contribution in [0.3, 0.4) is 0 Å². The van der Waals surface area contributed by atoms with Crippen LogP contribution in [0.1, 0.15) is 27.7 Å². The molecule has 0 saturated heterocycles. The number of hydrazone groups is 1. The third-order valence-corrected chi connectivity index (χ3v) is 2.09. The molecule has 0 bridgehead atoms. The summed E-state index contributed by atoms with van der Waals surface area (Å²) in [4.78, 5) is 1.96. The van der Waals surface area contributed by atoms with E-state index in [0.717, 1.165) is 0 Å². The number of nitrogens with zero attached hydrogens (tertiary/aromatic N) is 4. The standard InChI is InChI=1S/C9H16N4/c1-7(2)12-6-11-13(8(3)4)9(12)5-10/h6-9H,1-4H3. The van der Waals surface area contributed by atoms with E-state index in [1.165, 1.54) is 0 Å². The van der Waals surface area contributed by atoms with Gasteiger partial charge in [-0.05, 0) is 27.7 Å². The lowest BCUT2D eigenvalue weighted by atomic mass is 10.3. The molecule has 1 aliphatic rings. The first-order chi connectivity index (χ1) is 6.07. The average molecular weight is 180 g/mol. The molecule has 13 heavy (non-hydrogen) atoms. The first-order valence-electron chi connectivity index (χ1n) is 4.57. The average Bonchev–Trinajstić information content (AvgIpc) is 2.46. The van der Waals surface area contributed by atoms with Gasteiger partial charge >= 0.3 is 0 Å². The van der Waals surface area contributed by atoms with E-state index < -0.39 is 0 Å². The highest BCUT2D eigenvalue weighted by Crippen LogP contribution is 2.17.